The van der Waals surface area contributed by atoms with E-state index in [2.05, 4.69) is 0 Å². The molecule has 0 aliphatic carbocycles. The van der Waals surface area contributed by atoms with Crippen LogP contribution in [0, 0.1) is 0 Å². The molecule has 0 fully saturated rings. The number of benzene rings is 2. The summed E-state index contributed by atoms with van der Waals surface area (Å²) in [5.41, 5.74) is 0.539. The first-order valence-corrected chi connectivity index (χ1v) is 7.12. The van der Waals surface area contributed by atoms with E-state index in [4.69, 9.17) is 45.3 Å². The van der Waals surface area contributed by atoms with Gasteiger partial charge in [0.2, 0.25) is 6.79 Å². The maximum absolute atomic E-state index is 12.2. The number of halogens is 2. The van der Waals surface area contributed by atoms with Crippen molar-refractivity contribution in [3.05, 3.63) is 52.0 Å². The number of hydrogen-bond donors (Lipinski definition) is 0. The molecule has 110 valence electrons. The number of rotatable bonds is 3. The lowest BCUT2D eigenvalue weighted by atomic mass is 9.81. The number of carbonyl (C=O) groups excluding carboxylic acids is 1. The van der Waals surface area contributed by atoms with Crippen LogP contribution in [-0.2, 0) is 4.79 Å². The molecule has 1 atom stereocenters. The highest BCUT2D eigenvalue weighted by molar-refractivity contribution is 6.37. The molecule has 1 heterocycles. The molecule has 0 bridgehead atoms. The fourth-order valence-electron chi connectivity index (χ4n) is 1.99. The van der Waals surface area contributed by atoms with E-state index in [-0.39, 0.29) is 22.6 Å². The van der Waals surface area contributed by atoms with Crippen LogP contribution in [0.5, 0.6) is 17.2 Å². The summed E-state index contributed by atoms with van der Waals surface area (Å²) >= 11 is 11.9. The molecule has 0 saturated heterocycles. The van der Waals surface area contributed by atoms with E-state index < -0.39 is 11.8 Å². The first-order valence-electron chi connectivity index (χ1n) is 6.37. The standard InChI is InChI=1S/C15H9BCl2O4/c16-13(8-4-5-11-12(6-8)21-7-20-11)15(19)22-14-9(17)2-1-3-10(14)18/h1-6,13H,7H2. The lowest BCUT2D eigenvalue weighted by Gasteiger charge is -2.14. The molecule has 0 N–H and O–H groups in total. The molecule has 7 heteroatoms. The second-order valence-corrected chi connectivity index (χ2v) is 5.38. The monoisotopic (exact) mass is 334 g/mol. The van der Waals surface area contributed by atoms with Crippen molar-refractivity contribution in [2.75, 3.05) is 6.79 Å². The van der Waals surface area contributed by atoms with E-state index >= 15 is 0 Å². The SMILES string of the molecule is [B]C(C(=O)Oc1c(Cl)cccc1Cl)c1ccc2c(c1)OCO2. The van der Waals surface area contributed by atoms with Gasteiger partial charge in [0, 0.05) is 5.82 Å². The number of hydrogen-bond acceptors (Lipinski definition) is 4. The van der Waals surface area contributed by atoms with Crippen molar-refractivity contribution in [1.29, 1.82) is 0 Å². The summed E-state index contributed by atoms with van der Waals surface area (Å²) in [6.07, 6.45) is 0. The lowest BCUT2D eigenvalue weighted by molar-refractivity contribution is -0.134. The van der Waals surface area contributed by atoms with Crippen LogP contribution in [0.15, 0.2) is 36.4 Å². The van der Waals surface area contributed by atoms with Gasteiger partial charge in [-0.3, -0.25) is 4.79 Å². The zero-order valence-electron chi connectivity index (χ0n) is 11.2. The van der Waals surface area contributed by atoms with Crippen molar-refractivity contribution in [2.24, 2.45) is 0 Å². The van der Waals surface area contributed by atoms with Gasteiger partial charge in [-0.1, -0.05) is 35.3 Å². The molecule has 1 aliphatic heterocycles. The van der Waals surface area contributed by atoms with Crippen LogP contribution in [-0.4, -0.2) is 20.6 Å². The van der Waals surface area contributed by atoms with Gasteiger partial charge in [-0.2, -0.15) is 0 Å². The molecule has 0 saturated carbocycles. The third kappa shape index (κ3) is 2.87. The molecule has 1 unspecified atom stereocenters. The molecule has 0 spiro atoms. The van der Waals surface area contributed by atoms with Crippen molar-refractivity contribution in [3.8, 4) is 17.2 Å². The molecule has 0 amide bonds. The maximum atomic E-state index is 12.2. The fraction of sp³-hybridized carbons (Fsp3) is 0.133. The van der Waals surface area contributed by atoms with Crippen LogP contribution in [0.1, 0.15) is 11.4 Å². The summed E-state index contributed by atoms with van der Waals surface area (Å²) < 4.78 is 15.7. The van der Waals surface area contributed by atoms with Gasteiger partial charge >= 0.3 is 5.97 Å². The van der Waals surface area contributed by atoms with E-state index in [1.54, 1.807) is 36.4 Å². The van der Waals surface area contributed by atoms with Crippen LogP contribution < -0.4 is 14.2 Å². The first-order chi connectivity index (χ1) is 10.6. The number of carbonyl (C=O) groups is 1. The summed E-state index contributed by atoms with van der Waals surface area (Å²) in [5.74, 6) is -0.433. The number of fused-ring (bicyclic) bond motifs is 1. The Morgan fingerprint density at radius 2 is 1.82 bits per heavy atom. The fourth-order valence-corrected chi connectivity index (χ4v) is 2.46. The van der Waals surface area contributed by atoms with E-state index in [9.17, 15) is 4.79 Å². The molecule has 22 heavy (non-hydrogen) atoms. The zero-order chi connectivity index (χ0) is 15.7. The third-order valence-corrected chi connectivity index (χ3v) is 3.73. The molecular formula is C15H9BCl2O4. The topological polar surface area (TPSA) is 44.8 Å². The Balaban J connectivity index is 1.80. The van der Waals surface area contributed by atoms with E-state index in [0.717, 1.165) is 0 Å². The van der Waals surface area contributed by atoms with Gasteiger partial charge in [0.15, 0.2) is 17.2 Å². The van der Waals surface area contributed by atoms with Gasteiger partial charge in [-0.05, 0) is 29.8 Å². The Hall–Kier alpha value is -1.85. The predicted octanol–water partition coefficient (Wildman–Crippen LogP) is 3.54. The van der Waals surface area contributed by atoms with Crippen LogP contribution in [0.25, 0.3) is 0 Å². The van der Waals surface area contributed by atoms with Gasteiger partial charge in [0.05, 0.1) is 17.9 Å². The van der Waals surface area contributed by atoms with Crippen molar-refractivity contribution >= 4 is 37.0 Å². The lowest BCUT2D eigenvalue weighted by Crippen LogP contribution is -2.19. The summed E-state index contributed by atoms with van der Waals surface area (Å²) in [4.78, 5) is 12.2. The Morgan fingerprint density at radius 3 is 2.55 bits per heavy atom. The Bertz CT molecular complexity index is 715. The highest BCUT2D eigenvalue weighted by atomic mass is 35.5. The van der Waals surface area contributed by atoms with Crippen molar-refractivity contribution in [3.63, 3.8) is 0 Å². The Morgan fingerprint density at radius 1 is 1.14 bits per heavy atom. The highest BCUT2D eigenvalue weighted by Gasteiger charge is 2.22. The molecule has 3 rings (SSSR count). The minimum Gasteiger partial charge on any atom is -0.454 e. The number of para-hydroxylation sites is 1. The Labute approximate surface area is 138 Å². The van der Waals surface area contributed by atoms with Crippen LogP contribution >= 0.6 is 23.2 Å². The van der Waals surface area contributed by atoms with Crippen molar-refractivity contribution in [1.82, 2.24) is 0 Å². The molecule has 2 radical (unpaired) electrons. The second-order valence-electron chi connectivity index (χ2n) is 4.56. The molecule has 2 aromatic carbocycles. The van der Waals surface area contributed by atoms with Gasteiger partial charge in [0.1, 0.15) is 0 Å². The average Bonchev–Trinajstić information content (AvgIpc) is 2.97. The smallest absolute Gasteiger partial charge is 0.309 e. The quantitative estimate of drug-likeness (QED) is 0.489. The molecule has 2 aromatic rings. The van der Waals surface area contributed by atoms with Crippen molar-refractivity contribution < 1.29 is 19.0 Å². The molecular weight excluding hydrogens is 326 g/mol. The summed E-state index contributed by atoms with van der Waals surface area (Å²) in [7, 11) is 5.92. The first kappa shape index (κ1) is 15.1. The number of esters is 1. The third-order valence-electron chi connectivity index (χ3n) is 3.13. The minimum atomic E-state index is -0.998. The normalized spacial score (nSPS) is 13.7. The summed E-state index contributed by atoms with van der Waals surface area (Å²) in [6, 6.07) is 9.80. The largest absolute Gasteiger partial charge is 0.454 e. The van der Waals surface area contributed by atoms with E-state index in [1.807, 2.05) is 0 Å². The van der Waals surface area contributed by atoms with Crippen LogP contribution in [0.2, 0.25) is 10.0 Å². The average molecular weight is 335 g/mol. The van der Waals surface area contributed by atoms with Gasteiger partial charge in [-0.25, -0.2) is 0 Å². The maximum Gasteiger partial charge on any atom is 0.309 e. The summed E-state index contributed by atoms with van der Waals surface area (Å²) in [5, 5.41) is 0.470. The van der Waals surface area contributed by atoms with Crippen molar-refractivity contribution in [2.45, 2.75) is 5.82 Å². The highest BCUT2D eigenvalue weighted by Crippen LogP contribution is 2.36. The van der Waals surface area contributed by atoms with Gasteiger partial charge in [-0.15, -0.1) is 0 Å². The van der Waals surface area contributed by atoms with Gasteiger partial charge < -0.3 is 14.2 Å². The zero-order valence-corrected chi connectivity index (χ0v) is 12.7. The van der Waals surface area contributed by atoms with Gasteiger partial charge in [0.25, 0.3) is 0 Å². The van der Waals surface area contributed by atoms with Crippen LogP contribution in [0.4, 0.5) is 0 Å². The second kappa shape index (κ2) is 6.11. The van der Waals surface area contributed by atoms with Crippen LogP contribution in [0.3, 0.4) is 0 Å². The van der Waals surface area contributed by atoms with E-state index in [0.29, 0.717) is 17.1 Å². The number of ether oxygens (including phenoxy) is 3. The van der Waals surface area contributed by atoms with E-state index in [1.165, 1.54) is 0 Å². The predicted molar refractivity (Wildman–Crippen MR) is 83.2 cm³/mol. The molecule has 4 nitrogen and oxygen atoms in total. The Kier molecular flexibility index (Phi) is 4.18. The minimum absolute atomic E-state index is 0.0898. The molecule has 1 aliphatic rings. The summed E-state index contributed by atoms with van der Waals surface area (Å²) in [6.45, 7) is 0.147. The molecule has 0 aromatic heterocycles.